The van der Waals surface area contributed by atoms with E-state index in [-0.39, 0.29) is 6.79 Å². The Morgan fingerprint density at radius 2 is 2.07 bits per heavy atom. The summed E-state index contributed by atoms with van der Waals surface area (Å²) in [5, 5.41) is 0. The largest absolute Gasteiger partial charge is 0.493 e. The summed E-state index contributed by atoms with van der Waals surface area (Å²) >= 11 is 0. The van der Waals surface area contributed by atoms with Gasteiger partial charge in [0.2, 0.25) is 18.4 Å². The van der Waals surface area contributed by atoms with Crippen molar-refractivity contribution in [3.8, 4) is 41.0 Å². The summed E-state index contributed by atoms with van der Waals surface area (Å²) in [6.45, 7) is 3.47. The van der Waals surface area contributed by atoms with E-state index in [0.29, 0.717) is 42.3 Å². The molecule has 6 nitrogen and oxygen atoms in total. The van der Waals surface area contributed by atoms with Crippen LogP contribution in [0, 0.1) is 19.3 Å². The fraction of sp³-hybridized carbons (Fsp3) is 0.500. The number of hydrogen-bond acceptors (Lipinski definition) is 6. The lowest BCUT2D eigenvalue weighted by Gasteiger charge is -2.32. The van der Waals surface area contributed by atoms with Crippen LogP contribution in [-0.2, 0) is 6.54 Å². The molecule has 1 aliphatic carbocycles. The fourth-order valence-electron chi connectivity index (χ4n) is 4.02. The first kappa shape index (κ1) is 18.7. The zero-order chi connectivity index (χ0) is 19.5. The Labute approximate surface area is 165 Å². The minimum Gasteiger partial charge on any atom is -0.493 e. The van der Waals surface area contributed by atoms with Gasteiger partial charge in [-0.15, -0.1) is 6.42 Å². The van der Waals surface area contributed by atoms with Crippen LogP contribution in [0.25, 0.3) is 11.5 Å². The second-order valence-corrected chi connectivity index (χ2v) is 7.34. The monoisotopic (exact) mass is 382 g/mol. The first-order chi connectivity index (χ1) is 13.7. The molecule has 1 fully saturated rings. The summed E-state index contributed by atoms with van der Waals surface area (Å²) in [5.41, 5.74) is 1.73. The van der Waals surface area contributed by atoms with E-state index in [0.717, 1.165) is 17.0 Å². The van der Waals surface area contributed by atoms with E-state index in [9.17, 15) is 0 Å². The molecular weight excluding hydrogens is 356 g/mol. The zero-order valence-electron chi connectivity index (χ0n) is 16.5. The van der Waals surface area contributed by atoms with Gasteiger partial charge in [-0.1, -0.05) is 25.2 Å². The van der Waals surface area contributed by atoms with Gasteiger partial charge in [-0.3, -0.25) is 4.90 Å². The highest BCUT2D eigenvalue weighted by Gasteiger charge is 2.25. The topological polar surface area (TPSA) is 57.0 Å². The number of aryl methyl sites for hydroxylation is 1. The third-order valence-electron chi connectivity index (χ3n) is 5.54. The summed E-state index contributed by atoms with van der Waals surface area (Å²) in [5.74, 6) is 6.04. The number of fused-ring (bicyclic) bond motifs is 1. The summed E-state index contributed by atoms with van der Waals surface area (Å²) in [6.07, 6.45) is 11.9. The van der Waals surface area contributed by atoms with Crippen LogP contribution in [0.4, 0.5) is 0 Å². The summed E-state index contributed by atoms with van der Waals surface area (Å²) < 4.78 is 22.4. The molecule has 2 heterocycles. The van der Waals surface area contributed by atoms with Crippen LogP contribution >= 0.6 is 0 Å². The van der Waals surface area contributed by atoms with Crippen LogP contribution < -0.4 is 14.2 Å². The molecule has 0 radical (unpaired) electrons. The minimum absolute atomic E-state index is 0.188. The van der Waals surface area contributed by atoms with Crippen LogP contribution in [-0.4, -0.2) is 36.4 Å². The molecule has 1 aliphatic heterocycles. The third-order valence-corrected chi connectivity index (χ3v) is 5.54. The predicted molar refractivity (Wildman–Crippen MR) is 105 cm³/mol. The fourth-order valence-corrected chi connectivity index (χ4v) is 4.02. The Morgan fingerprint density at radius 3 is 2.82 bits per heavy atom. The molecular formula is C22H26N2O4. The van der Waals surface area contributed by atoms with Gasteiger partial charge in [0, 0.05) is 18.2 Å². The molecule has 2 aromatic rings. The Balaban J connectivity index is 1.59. The number of terminal acetylenes is 1. The molecule has 0 amide bonds. The van der Waals surface area contributed by atoms with Crippen molar-refractivity contribution in [2.24, 2.45) is 0 Å². The van der Waals surface area contributed by atoms with Gasteiger partial charge in [-0.05, 0) is 31.9 Å². The average Bonchev–Trinajstić information content (AvgIpc) is 3.34. The van der Waals surface area contributed by atoms with E-state index in [2.05, 4.69) is 10.8 Å². The van der Waals surface area contributed by atoms with Crippen molar-refractivity contribution < 1.29 is 18.6 Å². The van der Waals surface area contributed by atoms with Gasteiger partial charge >= 0.3 is 0 Å². The Bertz CT molecular complexity index is 877. The lowest BCUT2D eigenvalue weighted by Crippen LogP contribution is -2.36. The molecule has 1 aromatic carbocycles. The van der Waals surface area contributed by atoms with Crippen LogP contribution in [0.5, 0.6) is 17.2 Å². The summed E-state index contributed by atoms with van der Waals surface area (Å²) in [4.78, 5) is 7.12. The van der Waals surface area contributed by atoms with Crippen LogP contribution in [0.15, 0.2) is 16.5 Å². The van der Waals surface area contributed by atoms with E-state index >= 15 is 0 Å². The van der Waals surface area contributed by atoms with Crippen molar-refractivity contribution in [3.63, 3.8) is 0 Å². The van der Waals surface area contributed by atoms with Gasteiger partial charge in [0.05, 0.1) is 19.3 Å². The molecule has 2 aliphatic rings. The second-order valence-electron chi connectivity index (χ2n) is 7.34. The molecule has 0 bridgehead atoms. The first-order valence-electron chi connectivity index (χ1n) is 9.81. The number of aromatic nitrogens is 1. The summed E-state index contributed by atoms with van der Waals surface area (Å²) in [7, 11) is 1.61. The van der Waals surface area contributed by atoms with E-state index in [1.54, 1.807) is 7.11 Å². The van der Waals surface area contributed by atoms with Gasteiger partial charge in [0.15, 0.2) is 11.5 Å². The van der Waals surface area contributed by atoms with E-state index in [1.807, 2.05) is 19.1 Å². The van der Waals surface area contributed by atoms with Crippen LogP contribution in [0.3, 0.4) is 0 Å². The highest BCUT2D eigenvalue weighted by atomic mass is 16.7. The molecule has 0 atom stereocenters. The van der Waals surface area contributed by atoms with Gasteiger partial charge < -0.3 is 18.6 Å². The van der Waals surface area contributed by atoms with Gasteiger partial charge in [-0.25, -0.2) is 4.98 Å². The number of methoxy groups -OCH3 is 1. The van der Waals surface area contributed by atoms with E-state index in [1.165, 1.54) is 32.1 Å². The van der Waals surface area contributed by atoms with E-state index < -0.39 is 0 Å². The normalized spacial score (nSPS) is 16.4. The first-order valence-corrected chi connectivity index (χ1v) is 9.81. The lowest BCUT2D eigenvalue weighted by molar-refractivity contribution is 0.165. The van der Waals surface area contributed by atoms with Crippen molar-refractivity contribution in [2.45, 2.75) is 51.6 Å². The van der Waals surface area contributed by atoms with Crippen LogP contribution in [0.2, 0.25) is 0 Å². The number of oxazole rings is 1. The maximum absolute atomic E-state index is 5.98. The van der Waals surface area contributed by atoms with Crippen molar-refractivity contribution in [1.82, 2.24) is 9.88 Å². The third kappa shape index (κ3) is 3.67. The number of benzene rings is 1. The van der Waals surface area contributed by atoms with Gasteiger partial charge in [0.1, 0.15) is 5.76 Å². The van der Waals surface area contributed by atoms with Crippen molar-refractivity contribution in [1.29, 1.82) is 0 Å². The molecule has 28 heavy (non-hydrogen) atoms. The molecule has 1 aromatic heterocycles. The average molecular weight is 382 g/mol. The van der Waals surface area contributed by atoms with Crippen LogP contribution in [0.1, 0.15) is 43.6 Å². The highest BCUT2D eigenvalue weighted by Crippen LogP contribution is 2.44. The minimum atomic E-state index is 0.188. The standard InChI is InChI=1S/C22H26N2O4/c1-4-10-24(17-8-6-5-7-9-17)13-18-15(2)28-22(23-18)16-11-19(25-3)21-20(12-16)26-14-27-21/h1,11-12,17H,5-10,13-14H2,2-3H3. The number of rotatable bonds is 6. The number of hydrogen-bond donors (Lipinski definition) is 0. The molecule has 0 N–H and O–H groups in total. The Kier molecular flexibility index (Phi) is 5.45. The second kappa shape index (κ2) is 8.15. The summed E-state index contributed by atoms with van der Waals surface area (Å²) in [6, 6.07) is 4.26. The number of nitrogens with zero attached hydrogens (tertiary/aromatic N) is 2. The Morgan fingerprint density at radius 1 is 1.25 bits per heavy atom. The van der Waals surface area contributed by atoms with Crippen molar-refractivity contribution in [3.05, 3.63) is 23.6 Å². The SMILES string of the molecule is C#CCN(Cc1nc(-c2cc(OC)c3c(c2)OCO3)oc1C)C1CCCCC1. The van der Waals surface area contributed by atoms with Gasteiger partial charge in [-0.2, -0.15) is 0 Å². The molecule has 0 saturated heterocycles. The maximum atomic E-state index is 5.98. The number of ether oxygens (including phenoxy) is 3. The molecule has 148 valence electrons. The molecule has 4 rings (SSSR count). The smallest absolute Gasteiger partial charge is 0.231 e. The highest BCUT2D eigenvalue weighted by molar-refractivity contribution is 5.66. The maximum Gasteiger partial charge on any atom is 0.231 e. The predicted octanol–water partition coefficient (Wildman–Crippen LogP) is 4.16. The van der Waals surface area contributed by atoms with Crippen molar-refractivity contribution >= 4 is 0 Å². The molecule has 0 spiro atoms. The zero-order valence-corrected chi connectivity index (χ0v) is 16.5. The quantitative estimate of drug-likeness (QED) is 0.700. The van der Waals surface area contributed by atoms with Gasteiger partial charge in [0.25, 0.3) is 0 Å². The molecule has 0 unspecified atom stereocenters. The molecule has 6 heteroatoms. The Hall–Kier alpha value is -2.65. The van der Waals surface area contributed by atoms with E-state index in [4.69, 9.17) is 30.0 Å². The molecule has 1 saturated carbocycles. The lowest BCUT2D eigenvalue weighted by atomic mass is 9.94. The van der Waals surface area contributed by atoms with Crippen molar-refractivity contribution in [2.75, 3.05) is 20.4 Å².